The fourth-order valence-electron chi connectivity index (χ4n) is 4.87. The van der Waals surface area contributed by atoms with Gasteiger partial charge in [-0.05, 0) is 49.1 Å². The van der Waals surface area contributed by atoms with Crippen molar-refractivity contribution in [3.05, 3.63) is 55.0 Å². The molecule has 0 saturated carbocycles. The van der Waals surface area contributed by atoms with Gasteiger partial charge in [0.05, 0.1) is 23.6 Å². The van der Waals surface area contributed by atoms with E-state index in [2.05, 4.69) is 84.6 Å². The van der Waals surface area contributed by atoms with Crippen molar-refractivity contribution >= 4 is 34.0 Å². The standard InChI is InChI=1S/C26H30N8.2C2H6.C2H2/c1-2-12-33(13-3-1)25-22-16-24(32-23(22)8-9-28-25)19-4-6-20(7-5-19)31-21-17-29-26(30-18-21)34-14-10-27-11-15-34;3*1-2/h4-9,16-18,27,31-32H,1-3,10-15H2;2*1-2H3;1-2H. The van der Waals surface area contributed by atoms with E-state index in [1.54, 1.807) is 0 Å². The van der Waals surface area contributed by atoms with Crippen molar-refractivity contribution in [1.29, 1.82) is 0 Å². The lowest BCUT2D eigenvalue weighted by Crippen LogP contribution is -2.44. The second-order valence-corrected chi connectivity index (χ2v) is 9.04. The van der Waals surface area contributed by atoms with Gasteiger partial charge in [-0.15, -0.1) is 12.8 Å². The zero-order valence-corrected chi connectivity index (χ0v) is 24.5. The minimum atomic E-state index is 0.791. The van der Waals surface area contributed by atoms with Gasteiger partial charge >= 0.3 is 0 Å². The summed E-state index contributed by atoms with van der Waals surface area (Å²) in [7, 11) is 0. The Labute approximate surface area is 239 Å². The van der Waals surface area contributed by atoms with E-state index in [4.69, 9.17) is 4.98 Å². The fourth-order valence-corrected chi connectivity index (χ4v) is 4.87. The van der Waals surface area contributed by atoms with Crippen LogP contribution in [-0.2, 0) is 0 Å². The van der Waals surface area contributed by atoms with E-state index in [0.717, 1.165) is 79.2 Å². The molecule has 2 aliphatic rings. The van der Waals surface area contributed by atoms with E-state index >= 15 is 0 Å². The minimum absolute atomic E-state index is 0.791. The number of aromatic nitrogens is 4. The van der Waals surface area contributed by atoms with E-state index in [0.29, 0.717) is 0 Å². The number of pyridine rings is 1. The van der Waals surface area contributed by atoms with Gasteiger partial charge < -0.3 is 25.4 Å². The Morgan fingerprint density at radius 2 is 1.40 bits per heavy atom. The largest absolute Gasteiger partial charge is 0.356 e. The lowest BCUT2D eigenvalue weighted by Gasteiger charge is -2.28. The van der Waals surface area contributed by atoms with Crippen LogP contribution in [0.4, 0.5) is 23.1 Å². The molecule has 3 N–H and O–H groups in total. The summed E-state index contributed by atoms with van der Waals surface area (Å²) in [4.78, 5) is 22.0. The summed E-state index contributed by atoms with van der Waals surface area (Å²) in [5.41, 5.74) is 5.28. The number of hydrogen-bond donors (Lipinski definition) is 3. The molecule has 0 atom stereocenters. The summed E-state index contributed by atoms with van der Waals surface area (Å²) in [5.74, 6) is 1.89. The lowest BCUT2D eigenvalue weighted by atomic mass is 10.1. The van der Waals surface area contributed by atoms with Gasteiger partial charge in [0.15, 0.2) is 0 Å². The first-order valence-corrected chi connectivity index (χ1v) is 14.5. The first-order chi connectivity index (χ1) is 19.8. The zero-order chi connectivity index (χ0) is 28.7. The Bertz CT molecular complexity index is 1280. The number of hydrogen-bond acceptors (Lipinski definition) is 7. The van der Waals surface area contributed by atoms with Gasteiger partial charge in [0.25, 0.3) is 0 Å². The van der Waals surface area contributed by atoms with Gasteiger partial charge in [-0.2, -0.15) is 0 Å². The van der Waals surface area contributed by atoms with Gasteiger partial charge in [0.2, 0.25) is 5.95 Å². The lowest BCUT2D eigenvalue weighted by molar-refractivity contribution is 0.575. The second-order valence-electron chi connectivity index (χ2n) is 9.04. The number of rotatable bonds is 5. The van der Waals surface area contributed by atoms with E-state index < -0.39 is 0 Å². The van der Waals surface area contributed by atoms with Crippen LogP contribution in [0.5, 0.6) is 0 Å². The summed E-state index contributed by atoms with van der Waals surface area (Å²) in [6, 6.07) is 12.8. The molecule has 2 saturated heterocycles. The highest BCUT2D eigenvalue weighted by atomic mass is 15.3. The van der Waals surface area contributed by atoms with Gasteiger partial charge in [-0.3, -0.25) is 0 Å². The molecule has 0 spiro atoms. The molecule has 2 fully saturated rings. The molecule has 2 aliphatic heterocycles. The van der Waals surface area contributed by atoms with Crippen LogP contribution in [-0.4, -0.2) is 59.2 Å². The van der Waals surface area contributed by atoms with Crippen LogP contribution < -0.4 is 20.4 Å². The summed E-state index contributed by atoms with van der Waals surface area (Å²) < 4.78 is 0. The normalized spacial score (nSPS) is 14.6. The number of nitrogens with zero attached hydrogens (tertiary/aromatic N) is 5. The smallest absolute Gasteiger partial charge is 0.225 e. The molecular formula is C32H44N8. The number of benzene rings is 1. The van der Waals surface area contributed by atoms with E-state index in [1.165, 1.54) is 24.6 Å². The first-order valence-electron chi connectivity index (χ1n) is 14.5. The highest BCUT2D eigenvalue weighted by Gasteiger charge is 2.17. The van der Waals surface area contributed by atoms with Crippen molar-refractivity contribution in [3.8, 4) is 24.1 Å². The molecule has 0 radical (unpaired) electrons. The number of fused-ring (bicyclic) bond motifs is 1. The van der Waals surface area contributed by atoms with E-state index in [9.17, 15) is 0 Å². The first kappa shape index (κ1) is 30.5. The predicted octanol–water partition coefficient (Wildman–Crippen LogP) is 6.47. The van der Waals surface area contributed by atoms with Gasteiger partial charge in [0.1, 0.15) is 5.82 Å². The Balaban J connectivity index is 0.000000691. The maximum atomic E-state index is 4.71. The minimum Gasteiger partial charge on any atom is -0.356 e. The summed E-state index contributed by atoms with van der Waals surface area (Å²) in [6.07, 6.45) is 17.4. The number of piperazine rings is 1. The third-order valence-electron chi connectivity index (χ3n) is 6.71. The van der Waals surface area contributed by atoms with Crippen LogP contribution in [0.25, 0.3) is 22.2 Å². The summed E-state index contributed by atoms with van der Waals surface area (Å²) >= 11 is 0. The Morgan fingerprint density at radius 3 is 2.05 bits per heavy atom. The maximum Gasteiger partial charge on any atom is 0.225 e. The third kappa shape index (κ3) is 7.51. The van der Waals surface area contributed by atoms with Crippen molar-refractivity contribution in [2.75, 3.05) is 54.4 Å². The van der Waals surface area contributed by atoms with Gasteiger partial charge in [-0.25, -0.2) is 15.0 Å². The molecule has 8 nitrogen and oxygen atoms in total. The third-order valence-corrected chi connectivity index (χ3v) is 6.71. The molecule has 3 aromatic heterocycles. The molecule has 1 aromatic carbocycles. The number of H-pyrrole nitrogens is 1. The molecule has 0 unspecified atom stereocenters. The fraction of sp³-hybridized carbons (Fsp3) is 0.406. The van der Waals surface area contributed by atoms with Crippen LogP contribution >= 0.6 is 0 Å². The van der Waals surface area contributed by atoms with Gasteiger partial charge in [-0.1, -0.05) is 39.8 Å². The van der Waals surface area contributed by atoms with Crippen molar-refractivity contribution < 1.29 is 0 Å². The Morgan fingerprint density at radius 1 is 0.750 bits per heavy atom. The topological polar surface area (TPSA) is 85.0 Å². The average Bonchev–Trinajstić information content (AvgIpc) is 3.50. The van der Waals surface area contributed by atoms with Crippen molar-refractivity contribution in [1.82, 2.24) is 25.3 Å². The predicted molar refractivity (Wildman–Crippen MR) is 171 cm³/mol. The summed E-state index contributed by atoms with van der Waals surface area (Å²) in [5, 5.41) is 7.96. The molecule has 0 amide bonds. The number of piperidine rings is 1. The highest BCUT2D eigenvalue weighted by Crippen LogP contribution is 2.31. The molecule has 0 aliphatic carbocycles. The summed E-state index contributed by atoms with van der Waals surface area (Å²) in [6.45, 7) is 14.0. The van der Waals surface area contributed by atoms with Crippen LogP contribution in [0.1, 0.15) is 47.0 Å². The Hall–Kier alpha value is -4.09. The number of anilines is 4. The number of aromatic amines is 1. The van der Waals surface area contributed by atoms with Crippen molar-refractivity contribution in [2.45, 2.75) is 47.0 Å². The van der Waals surface area contributed by atoms with E-state index in [1.807, 2.05) is 46.3 Å². The molecule has 212 valence electrons. The van der Waals surface area contributed by atoms with Crippen LogP contribution in [0.15, 0.2) is 55.0 Å². The van der Waals surface area contributed by atoms with Gasteiger partial charge in [0, 0.05) is 62.2 Å². The maximum absolute atomic E-state index is 4.71. The van der Waals surface area contributed by atoms with Crippen LogP contribution in [0.3, 0.4) is 0 Å². The van der Waals surface area contributed by atoms with E-state index in [-0.39, 0.29) is 0 Å². The molecular weight excluding hydrogens is 496 g/mol. The van der Waals surface area contributed by atoms with Crippen molar-refractivity contribution in [2.24, 2.45) is 0 Å². The second kappa shape index (κ2) is 16.1. The quantitative estimate of drug-likeness (QED) is 0.250. The highest BCUT2D eigenvalue weighted by molar-refractivity contribution is 5.94. The molecule has 40 heavy (non-hydrogen) atoms. The zero-order valence-electron chi connectivity index (χ0n) is 24.5. The average molecular weight is 541 g/mol. The molecule has 8 heteroatoms. The molecule has 6 rings (SSSR count). The van der Waals surface area contributed by atoms with Crippen LogP contribution in [0.2, 0.25) is 0 Å². The molecule has 0 bridgehead atoms. The molecule has 4 aromatic rings. The Kier molecular flexibility index (Phi) is 12.3. The molecule has 5 heterocycles. The van der Waals surface area contributed by atoms with Crippen LogP contribution in [0, 0.1) is 12.8 Å². The SMILES string of the molecule is C#C.CC.CC.c1cc2[nH]c(-c3ccc(Nc4cnc(N5CCNCC5)nc4)cc3)cc2c(N2CCCCC2)n1. The number of terminal acetylenes is 1. The van der Waals surface area contributed by atoms with Crippen molar-refractivity contribution in [3.63, 3.8) is 0 Å². The number of nitrogens with one attached hydrogen (secondary N) is 3. The monoisotopic (exact) mass is 540 g/mol.